The summed E-state index contributed by atoms with van der Waals surface area (Å²) < 4.78 is 124. The number of carboxylic acid groups (broad SMARTS) is 1. The standard InChI is InChI=1S/C36H44F8N6O7/c1-48(10-12-56-3)11-13-57-29-22(33(54)55)14-19(27(37)28(29)38)17-50-32(53)26(30(51)34(49(50)2)8-4-5-9-34)31(52)47-23-7-6-20(35(39,40)41)15-21(23)24-16-25(36(42,43)44)46-18-45-24/h14,16,20-21,23,46,51H,4-13,15,17-18H2,1-3H3,(H,47,52)(H,54,55). The van der Waals surface area contributed by atoms with Crippen LogP contribution < -0.4 is 15.4 Å². The maximum absolute atomic E-state index is 15.8. The Morgan fingerprint density at radius 3 is 2.37 bits per heavy atom. The summed E-state index contributed by atoms with van der Waals surface area (Å²) in [6.07, 6.45) is -9.29. The van der Waals surface area contributed by atoms with Gasteiger partial charge in [-0.15, -0.1) is 0 Å². The van der Waals surface area contributed by atoms with E-state index in [9.17, 15) is 50.9 Å². The van der Waals surface area contributed by atoms with Gasteiger partial charge in [0.2, 0.25) is 5.82 Å². The smallest absolute Gasteiger partial charge is 0.431 e. The zero-order valence-corrected chi connectivity index (χ0v) is 31.3. The average Bonchev–Trinajstić information content (AvgIpc) is 3.65. The fourth-order valence-electron chi connectivity index (χ4n) is 7.86. The van der Waals surface area contributed by atoms with E-state index in [1.807, 2.05) is 5.32 Å². The molecule has 0 bridgehead atoms. The van der Waals surface area contributed by atoms with Crippen LogP contribution in [0.2, 0.25) is 0 Å². The number of aliphatic hydroxyl groups is 1. The Balaban J connectivity index is 1.46. The molecule has 316 valence electrons. The molecule has 2 heterocycles. The molecule has 13 nitrogen and oxygen atoms in total. The number of amides is 2. The van der Waals surface area contributed by atoms with E-state index in [0.29, 0.717) is 32.1 Å². The summed E-state index contributed by atoms with van der Waals surface area (Å²) in [5.41, 5.74) is -5.25. The van der Waals surface area contributed by atoms with Crippen LogP contribution in [0.4, 0.5) is 35.1 Å². The molecule has 0 radical (unpaired) electrons. The lowest BCUT2D eigenvalue weighted by atomic mass is 9.74. The van der Waals surface area contributed by atoms with Crippen LogP contribution in [-0.4, -0.2) is 127 Å². The minimum absolute atomic E-state index is 0.173. The molecule has 2 aliphatic heterocycles. The van der Waals surface area contributed by atoms with Gasteiger partial charge in [0.1, 0.15) is 35.9 Å². The predicted molar refractivity (Wildman–Crippen MR) is 186 cm³/mol. The number of hydrogen-bond acceptors (Lipinski definition) is 10. The highest BCUT2D eigenvalue weighted by Gasteiger charge is 2.54. The first-order valence-corrected chi connectivity index (χ1v) is 18.2. The fraction of sp³-hybridized carbons (Fsp3) is 0.611. The number of benzene rings is 1. The van der Waals surface area contributed by atoms with E-state index in [0.717, 1.165) is 11.1 Å². The summed E-state index contributed by atoms with van der Waals surface area (Å²) >= 11 is 0. The minimum Gasteiger partial charge on any atom is -0.509 e. The predicted octanol–water partition coefficient (Wildman–Crippen LogP) is 4.85. The summed E-state index contributed by atoms with van der Waals surface area (Å²) in [5.74, 6) is -12.2. The lowest BCUT2D eigenvalue weighted by molar-refractivity contribution is -0.185. The van der Waals surface area contributed by atoms with Gasteiger partial charge in [0.25, 0.3) is 11.8 Å². The van der Waals surface area contributed by atoms with Crippen LogP contribution in [0.25, 0.3) is 0 Å². The number of aromatic carboxylic acids is 1. The number of carbonyl (C=O) groups is 3. The van der Waals surface area contributed by atoms with Crippen molar-refractivity contribution in [2.75, 3.05) is 54.2 Å². The van der Waals surface area contributed by atoms with E-state index in [1.54, 1.807) is 11.9 Å². The molecular weight excluding hydrogens is 780 g/mol. The molecule has 2 amide bonds. The molecule has 0 saturated heterocycles. The quantitative estimate of drug-likeness (QED) is 0.160. The van der Waals surface area contributed by atoms with Gasteiger partial charge in [-0.2, -0.15) is 30.7 Å². The van der Waals surface area contributed by atoms with Crippen LogP contribution in [0.3, 0.4) is 0 Å². The summed E-state index contributed by atoms with van der Waals surface area (Å²) in [4.78, 5) is 46.2. The first kappa shape index (κ1) is 43.6. The summed E-state index contributed by atoms with van der Waals surface area (Å²) in [7, 11) is 4.57. The van der Waals surface area contributed by atoms with Crippen LogP contribution in [0, 0.1) is 23.5 Å². The third kappa shape index (κ3) is 9.14. The molecule has 3 atom stereocenters. The summed E-state index contributed by atoms with van der Waals surface area (Å²) in [6, 6.07) is -0.478. The maximum atomic E-state index is 15.8. The number of aliphatic hydroxyl groups excluding tert-OH is 1. The Hall–Kier alpha value is -4.50. The number of nitrogens with one attached hydrogen (secondary N) is 2. The number of halogens is 8. The number of ether oxygens (including phenoxy) is 2. The Bertz CT molecular complexity index is 1810. The molecule has 5 rings (SSSR count). The van der Waals surface area contributed by atoms with Crippen molar-refractivity contribution >= 4 is 23.5 Å². The van der Waals surface area contributed by atoms with E-state index >= 15 is 8.78 Å². The monoisotopic (exact) mass is 824 g/mol. The third-order valence-corrected chi connectivity index (χ3v) is 11.1. The second-order valence-corrected chi connectivity index (χ2v) is 14.6. The molecular formula is C36H44F8N6O7. The Morgan fingerprint density at radius 2 is 1.75 bits per heavy atom. The highest BCUT2D eigenvalue weighted by Crippen LogP contribution is 2.46. The van der Waals surface area contributed by atoms with Gasteiger partial charge in [-0.3, -0.25) is 19.6 Å². The highest BCUT2D eigenvalue weighted by molar-refractivity contribution is 6.19. The summed E-state index contributed by atoms with van der Waals surface area (Å²) in [5, 5.41) is 28.2. The largest absolute Gasteiger partial charge is 0.509 e. The van der Waals surface area contributed by atoms with E-state index in [2.05, 4.69) is 10.3 Å². The van der Waals surface area contributed by atoms with Crippen LogP contribution in [-0.2, 0) is 20.9 Å². The maximum Gasteiger partial charge on any atom is 0.431 e. The second-order valence-electron chi connectivity index (χ2n) is 14.6. The number of carboxylic acids is 1. The number of hydrazine groups is 1. The first-order valence-electron chi connectivity index (χ1n) is 18.2. The number of likely N-dealkylation sites (N-methyl/N-ethyl adjacent to an activating group) is 2. The number of aliphatic imine (C=N–C) groups is 1. The molecule has 21 heteroatoms. The molecule has 1 aromatic carbocycles. The van der Waals surface area contributed by atoms with Gasteiger partial charge in [-0.1, -0.05) is 12.8 Å². The number of rotatable bonds is 13. The topological polar surface area (TPSA) is 156 Å². The van der Waals surface area contributed by atoms with Gasteiger partial charge in [-0.05, 0) is 51.3 Å². The van der Waals surface area contributed by atoms with Crippen molar-refractivity contribution in [3.05, 3.63) is 51.9 Å². The van der Waals surface area contributed by atoms with E-state index in [1.165, 1.54) is 19.2 Å². The lowest BCUT2D eigenvalue weighted by Gasteiger charge is -2.48. The van der Waals surface area contributed by atoms with E-state index in [-0.39, 0.29) is 38.1 Å². The number of nitrogens with zero attached hydrogens (tertiary/aromatic N) is 4. The number of allylic oxidation sites excluding steroid dienone is 2. The lowest BCUT2D eigenvalue weighted by Crippen LogP contribution is -2.62. The van der Waals surface area contributed by atoms with Crippen molar-refractivity contribution in [2.24, 2.45) is 16.8 Å². The molecule has 2 aliphatic carbocycles. The molecule has 4 aliphatic rings. The van der Waals surface area contributed by atoms with Gasteiger partial charge in [0, 0.05) is 50.5 Å². The fourth-order valence-corrected chi connectivity index (χ4v) is 7.86. The van der Waals surface area contributed by atoms with Crippen molar-refractivity contribution in [1.82, 2.24) is 25.6 Å². The number of methoxy groups -OCH3 is 1. The van der Waals surface area contributed by atoms with Crippen molar-refractivity contribution in [2.45, 2.75) is 75.4 Å². The van der Waals surface area contributed by atoms with Gasteiger partial charge < -0.3 is 35.2 Å². The van der Waals surface area contributed by atoms with Crippen molar-refractivity contribution in [3.63, 3.8) is 0 Å². The van der Waals surface area contributed by atoms with Crippen molar-refractivity contribution < 1.29 is 69.2 Å². The van der Waals surface area contributed by atoms with E-state index in [4.69, 9.17) is 9.47 Å². The Labute approximate surface area is 322 Å². The normalized spacial score (nSPS) is 23.1. The van der Waals surface area contributed by atoms with Crippen LogP contribution >= 0.6 is 0 Å². The van der Waals surface area contributed by atoms with Gasteiger partial charge >= 0.3 is 18.3 Å². The molecule has 0 aromatic heterocycles. The highest BCUT2D eigenvalue weighted by atomic mass is 19.4. The van der Waals surface area contributed by atoms with Gasteiger partial charge in [-0.25, -0.2) is 14.2 Å². The molecule has 57 heavy (non-hydrogen) atoms. The molecule has 1 spiro atoms. The number of carbonyl (C=O) groups excluding carboxylic acids is 2. The van der Waals surface area contributed by atoms with Crippen LogP contribution in [0.5, 0.6) is 5.75 Å². The molecule has 2 saturated carbocycles. The SMILES string of the molecule is COCCN(C)CCOc1c(C(=O)O)cc(CN2C(=O)C(C(=O)NC3CCC(C(F)(F)F)CC3C3=NCNC(C(F)(F)F)=C3)=C(O)C3(CCCC3)N2C)c(F)c1F. The van der Waals surface area contributed by atoms with E-state index < -0.39 is 125 Å². The van der Waals surface area contributed by atoms with Gasteiger partial charge in [0.05, 0.1) is 24.6 Å². The van der Waals surface area contributed by atoms with Crippen LogP contribution in [0.15, 0.2) is 34.2 Å². The van der Waals surface area contributed by atoms with Crippen LogP contribution in [0.1, 0.15) is 60.9 Å². The molecule has 1 aromatic rings. The van der Waals surface area contributed by atoms with Crippen molar-refractivity contribution in [1.29, 1.82) is 0 Å². The third-order valence-electron chi connectivity index (χ3n) is 11.1. The van der Waals surface area contributed by atoms with Gasteiger partial charge in [0.15, 0.2) is 11.6 Å². The Morgan fingerprint density at radius 1 is 1.09 bits per heavy atom. The summed E-state index contributed by atoms with van der Waals surface area (Å²) in [6.45, 7) is -0.616. The number of alkyl halides is 6. The number of hydrogen-bond donors (Lipinski definition) is 4. The second kappa shape index (κ2) is 17.2. The average molecular weight is 825 g/mol. The molecule has 3 unspecified atom stereocenters. The first-order chi connectivity index (χ1) is 26.7. The molecule has 2 fully saturated rings. The zero-order chi connectivity index (χ0) is 42.0. The Kier molecular flexibility index (Phi) is 13.1. The molecule has 4 N–H and O–H groups in total. The van der Waals surface area contributed by atoms with Crippen molar-refractivity contribution in [3.8, 4) is 5.75 Å². The zero-order valence-electron chi connectivity index (χ0n) is 31.3. The minimum atomic E-state index is -4.88.